The van der Waals surface area contributed by atoms with E-state index in [1.54, 1.807) is 0 Å². The Morgan fingerprint density at radius 1 is 1.14 bits per heavy atom. The zero-order chi connectivity index (χ0) is 24.4. The van der Waals surface area contributed by atoms with Gasteiger partial charge in [0.05, 0.1) is 19.1 Å². The summed E-state index contributed by atoms with van der Waals surface area (Å²) in [5.74, 6) is 0.515. The van der Waals surface area contributed by atoms with Gasteiger partial charge in [0.2, 0.25) is 11.8 Å². The molecule has 1 atom stereocenters. The van der Waals surface area contributed by atoms with E-state index < -0.39 is 0 Å². The molecule has 0 radical (unpaired) electrons. The molecule has 2 saturated heterocycles. The number of rotatable bonds is 6. The predicted octanol–water partition coefficient (Wildman–Crippen LogP) is 3.48. The average molecular weight is 538 g/mol. The number of morpholine rings is 1. The number of nitrogens with two attached hydrogens (primary N) is 1. The molecule has 1 aromatic heterocycles. The smallest absolute Gasteiger partial charge is 0.249 e. The lowest BCUT2D eigenvalue weighted by Gasteiger charge is -2.43. The number of nitrogens with zero attached hydrogens (tertiary/aromatic N) is 3. The van der Waals surface area contributed by atoms with Crippen LogP contribution >= 0.6 is 24.8 Å². The second-order valence-corrected chi connectivity index (χ2v) is 9.92. The molecule has 198 valence electrons. The number of piperazine rings is 1. The summed E-state index contributed by atoms with van der Waals surface area (Å²) < 4.78 is 5.43. The normalized spacial score (nSPS) is 17.4. The van der Waals surface area contributed by atoms with E-state index in [-0.39, 0.29) is 55.7 Å². The summed E-state index contributed by atoms with van der Waals surface area (Å²) in [5, 5.41) is 0. The van der Waals surface area contributed by atoms with Crippen molar-refractivity contribution in [2.75, 3.05) is 32.8 Å². The zero-order valence-electron chi connectivity index (χ0n) is 21.6. The monoisotopic (exact) mass is 536 g/mol. The molecule has 2 aliphatic rings. The Morgan fingerprint density at radius 3 is 2.47 bits per heavy atom. The fourth-order valence-electron chi connectivity index (χ4n) is 5.09. The first-order valence-corrected chi connectivity index (χ1v) is 12.2. The van der Waals surface area contributed by atoms with Crippen LogP contribution in [0.25, 0.3) is 11.1 Å². The molecule has 9 heteroatoms. The largest absolute Gasteiger partial charge is 0.369 e. The van der Waals surface area contributed by atoms with Crippen molar-refractivity contribution < 1.29 is 14.3 Å². The van der Waals surface area contributed by atoms with Crippen LogP contribution in [-0.2, 0) is 33.7 Å². The number of aromatic nitrogens is 1. The number of hydrogen-bond acceptors (Lipinski definition) is 5. The molecular formula is C27H38Cl2N4O3. The molecule has 2 amide bonds. The number of aryl methyl sites for hydroxylation is 2. The fraction of sp³-hybridized carbons (Fsp3) is 0.519. The Kier molecular flexibility index (Phi) is 10.7. The minimum Gasteiger partial charge on any atom is -0.369 e. The van der Waals surface area contributed by atoms with Crippen molar-refractivity contribution in [3.05, 3.63) is 52.3 Å². The van der Waals surface area contributed by atoms with Crippen molar-refractivity contribution in [2.45, 2.75) is 53.1 Å². The van der Waals surface area contributed by atoms with Crippen molar-refractivity contribution in [1.82, 2.24) is 14.8 Å². The Hall–Kier alpha value is -2.19. The van der Waals surface area contributed by atoms with Gasteiger partial charge in [0.1, 0.15) is 6.61 Å². The predicted molar refractivity (Wildman–Crippen MR) is 147 cm³/mol. The lowest BCUT2D eigenvalue weighted by atomic mass is 9.88. The van der Waals surface area contributed by atoms with Gasteiger partial charge in [-0.15, -0.1) is 24.8 Å². The molecule has 3 heterocycles. The van der Waals surface area contributed by atoms with Crippen LogP contribution in [0, 0.1) is 19.8 Å². The number of fused-ring (bicyclic) bond motifs is 1. The SMILES string of the molecule is Cc1ccc(-c2c(CC(=O)N3CCN4C(=O)COCC4C3)c(C)nc(CC(C)C)c2CN)cc1.Cl.Cl. The number of carbonyl (C=O) groups excluding carboxylic acids is 2. The van der Waals surface area contributed by atoms with Crippen LogP contribution in [0.15, 0.2) is 24.3 Å². The zero-order valence-corrected chi connectivity index (χ0v) is 23.2. The van der Waals surface area contributed by atoms with E-state index in [0.29, 0.717) is 38.7 Å². The molecule has 0 bridgehead atoms. The van der Waals surface area contributed by atoms with E-state index in [0.717, 1.165) is 40.1 Å². The third-order valence-corrected chi connectivity index (χ3v) is 6.86. The van der Waals surface area contributed by atoms with Gasteiger partial charge in [-0.25, -0.2) is 0 Å². The summed E-state index contributed by atoms with van der Waals surface area (Å²) in [6.45, 7) is 11.0. The standard InChI is InChI=1S/C27H36N4O3.2ClH/c1-17(2)11-24-23(13-28)27(20-7-5-18(3)6-8-20)22(19(4)29-24)12-25(32)30-9-10-31-21(14-30)15-34-16-26(31)33;;/h5-8,17,21H,9-16,28H2,1-4H3;2*1H. The van der Waals surface area contributed by atoms with Crippen molar-refractivity contribution in [2.24, 2.45) is 11.7 Å². The van der Waals surface area contributed by atoms with Gasteiger partial charge in [-0.1, -0.05) is 43.7 Å². The molecule has 2 N–H and O–H groups in total. The molecule has 0 saturated carbocycles. The molecule has 2 aromatic rings. The van der Waals surface area contributed by atoms with E-state index >= 15 is 0 Å². The van der Waals surface area contributed by atoms with Gasteiger partial charge < -0.3 is 20.3 Å². The van der Waals surface area contributed by atoms with Crippen molar-refractivity contribution in [3.8, 4) is 11.1 Å². The first kappa shape index (κ1) is 30.0. The highest BCUT2D eigenvalue weighted by Gasteiger charge is 2.35. The van der Waals surface area contributed by atoms with Crippen LogP contribution in [0.2, 0.25) is 0 Å². The van der Waals surface area contributed by atoms with Gasteiger partial charge in [-0.3, -0.25) is 14.6 Å². The lowest BCUT2D eigenvalue weighted by Crippen LogP contribution is -2.61. The topological polar surface area (TPSA) is 88.8 Å². The Bertz CT molecular complexity index is 1080. The number of benzene rings is 1. The number of pyridine rings is 1. The number of halogens is 2. The van der Waals surface area contributed by atoms with Crippen LogP contribution in [0.1, 0.15) is 41.9 Å². The third kappa shape index (κ3) is 6.38. The van der Waals surface area contributed by atoms with E-state index in [1.807, 2.05) is 16.7 Å². The molecule has 1 unspecified atom stereocenters. The van der Waals surface area contributed by atoms with Gasteiger partial charge in [0.25, 0.3) is 0 Å². The Labute approximate surface area is 226 Å². The quantitative estimate of drug-likeness (QED) is 0.610. The second kappa shape index (κ2) is 12.9. The summed E-state index contributed by atoms with van der Waals surface area (Å²) in [6.07, 6.45) is 1.11. The van der Waals surface area contributed by atoms with Crippen molar-refractivity contribution in [3.63, 3.8) is 0 Å². The summed E-state index contributed by atoms with van der Waals surface area (Å²) in [6, 6.07) is 8.35. The average Bonchev–Trinajstić information content (AvgIpc) is 2.80. The maximum absolute atomic E-state index is 13.5. The van der Waals surface area contributed by atoms with E-state index in [4.69, 9.17) is 15.5 Å². The maximum Gasteiger partial charge on any atom is 0.249 e. The van der Waals surface area contributed by atoms with E-state index in [1.165, 1.54) is 5.56 Å². The minimum atomic E-state index is -0.0669. The third-order valence-electron chi connectivity index (χ3n) is 6.86. The molecule has 36 heavy (non-hydrogen) atoms. The Balaban J connectivity index is 0.00000228. The van der Waals surface area contributed by atoms with Gasteiger partial charge in [-0.2, -0.15) is 0 Å². The summed E-state index contributed by atoms with van der Waals surface area (Å²) in [4.78, 5) is 34.3. The first-order chi connectivity index (χ1) is 16.3. The number of hydrogen-bond donors (Lipinski definition) is 1. The Morgan fingerprint density at radius 2 is 1.83 bits per heavy atom. The first-order valence-electron chi connectivity index (χ1n) is 12.2. The van der Waals surface area contributed by atoms with Crippen LogP contribution in [-0.4, -0.2) is 65.5 Å². The van der Waals surface area contributed by atoms with Crippen LogP contribution < -0.4 is 5.73 Å². The highest BCUT2D eigenvalue weighted by molar-refractivity contribution is 5.86. The summed E-state index contributed by atoms with van der Waals surface area (Å²) >= 11 is 0. The molecule has 0 aliphatic carbocycles. The van der Waals surface area contributed by atoms with Gasteiger partial charge in [-0.05, 0) is 48.4 Å². The lowest BCUT2D eigenvalue weighted by molar-refractivity contribution is -0.156. The van der Waals surface area contributed by atoms with E-state index in [9.17, 15) is 9.59 Å². The van der Waals surface area contributed by atoms with Crippen molar-refractivity contribution in [1.29, 1.82) is 0 Å². The molecule has 4 rings (SSSR count). The molecule has 2 aliphatic heterocycles. The fourth-order valence-corrected chi connectivity index (χ4v) is 5.09. The molecule has 2 fully saturated rings. The van der Waals surface area contributed by atoms with Crippen LogP contribution in [0.4, 0.5) is 0 Å². The second-order valence-electron chi connectivity index (χ2n) is 9.92. The summed E-state index contributed by atoms with van der Waals surface area (Å²) in [7, 11) is 0. The number of carbonyl (C=O) groups is 2. The van der Waals surface area contributed by atoms with E-state index in [2.05, 4.69) is 45.0 Å². The van der Waals surface area contributed by atoms with Crippen molar-refractivity contribution >= 4 is 36.6 Å². The number of amides is 2. The molecule has 0 spiro atoms. The van der Waals surface area contributed by atoms with Gasteiger partial charge >= 0.3 is 0 Å². The highest BCUT2D eigenvalue weighted by Crippen LogP contribution is 2.33. The van der Waals surface area contributed by atoms with Gasteiger partial charge in [0, 0.05) is 37.6 Å². The molecule has 7 nitrogen and oxygen atoms in total. The van der Waals surface area contributed by atoms with Crippen LogP contribution in [0.5, 0.6) is 0 Å². The summed E-state index contributed by atoms with van der Waals surface area (Å²) in [5.41, 5.74) is 13.5. The molecule has 1 aromatic carbocycles. The molecular weight excluding hydrogens is 499 g/mol. The highest BCUT2D eigenvalue weighted by atomic mass is 35.5. The van der Waals surface area contributed by atoms with Gasteiger partial charge in [0.15, 0.2) is 0 Å². The van der Waals surface area contributed by atoms with Crippen LogP contribution in [0.3, 0.4) is 0 Å². The maximum atomic E-state index is 13.5. The minimum absolute atomic E-state index is 0. The number of ether oxygens (including phenoxy) is 1.